The number of carbonyl (C=O) groups is 1. The quantitative estimate of drug-likeness (QED) is 0.443. The molecule has 0 aliphatic rings. The number of rotatable bonds is 3. The maximum absolute atomic E-state index is 10.6. The van der Waals surface area contributed by atoms with E-state index in [1.54, 1.807) is 0 Å². The highest BCUT2D eigenvalue weighted by Crippen LogP contribution is 2.36. The van der Waals surface area contributed by atoms with Gasteiger partial charge in [0.05, 0.1) is 13.7 Å². The Morgan fingerprint density at radius 1 is 1.18 bits per heavy atom. The fourth-order valence-electron chi connectivity index (χ4n) is 0.689. The zero-order valence-electron chi connectivity index (χ0n) is 11.5. The minimum atomic E-state index is -1.73. The fraction of sp³-hybridized carbons (Fsp3) is 0.750. The SMILES string of the molecule is COC(=O)OCC#CCO[Si](C)(C)C(C)(C)C. The molecule has 0 rings (SSSR count). The maximum Gasteiger partial charge on any atom is 0.508 e. The average molecular weight is 258 g/mol. The standard InChI is InChI=1S/C12H22O4Si/c1-12(2,3)17(5,6)16-10-8-7-9-15-11(13)14-4/h9-10H2,1-6H3. The molecule has 0 radical (unpaired) electrons. The number of ether oxygens (including phenoxy) is 2. The Morgan fingerprint density at radius 3 is 2.18 bits per heavy atom. The molecule has 98 valence electrons. The van der Waals surface area contributed by atoms with E-state index in [-0.39, 0.29) is 11.6 Å². The monoisotopic (exact) mass is 258 g/mol. The van der Waals surface area contributed by atoms with Crippen molar-refractivity contribution in [3.63, 3.8) is 0 Å². The molecule has 0 atom stereocenters. The second-order valence-corrected chi connectivity index (χ2v) is 9.95. The molecule has 0 amide bonds. The van der Waals surface area contributed by atoms with Gasteiger partial charge in [0.1, 0.15) is 0 Å². The van der Waals surface area contributed by atoms with Crippen LogP contribution in [0.2, 0.25) is 18.1 Å². The second-order valence-electron chi connectivity index (χ2n) is 5.15. The third kappa shape index (κ3) is 6.34. The van der Waals surface area contributed by atoms with E-state index in [9.17, 15) is 4.79 Å². The van der Waals surface area contributed by atoms with Crippen molar-refractivity contribution >= 4 is 14.5 Å². The summed E-state index contributed by atoms with van der Waals surface area (Å²) in [5, 5.41) is 0.178. The smallest absolute Gasteiger partial charge is 0.438 e. The van der Waals surface area contributed by atoms with Crippen LogP contribution >= 0.6 is 0 Å². The predicted octanol–water partition coefficient (Wildman–Crippen LogP) is 2.79. The van der Waals surface area contributed by atoms with Crippen LogP contribution in [0, 0.1) is 11.8 Å². The zero-order valence-corrected chi connectivity index (χ0v) is 12.5. The molecule has 0 fully saturated rings. The van der Waals surface area contributed by atoms with Gasteiger partial charge < -0.3 is 13.9 Å². The largest absolute Gasteiger partial charge is 0.508 e. The van der Waals surface area contributed by atoms with Crippen molar-refractivity contribution in [1.82, 2.24) is 0 Å². The molecule has 0 unspecified atom stereocenters. The molecule has 0 aromatic rings. The molecule has 0 aliphatic carbocycles. The minimum Gasteiger partial charge on any atom is -0.438 e. The number of hydrogen-bond acceptors (Lipinski definition) is 4. The van der Waals surface area contributed by atoms with Gasteiger partial charge in [-0.1, -0.05) is 32.6 Å². The van der Waals surface area contributed by atoms with Crippen LogP contribution in [0.25, 0.3) is 0 Å². The van der Waals surface area contributed by atoms with Crippen LogP contribution in [0.15, 0.2) is 0 Å². The predicted molar refractivity (Wildman–Crippen MR) is 69.3 cm³/mol. The Labute approximate surface area is 105 Å². The third-order valence-corrected chi connectivity index (χ3v) is 7.34. The summed E-state index contributed by atoms with van der Waals surface area (Å²) in [4.78, 5) is 10.6. The van der Waals surface area contributed by atoms with Gasteiger partial charge in [0.2, 0.25) is 0 Å². The van der Waals surface area contributed by atoms with Crippen LogP contribution in [0.3, 0.4) is 0 Å². The van der Waals surface area contributed by atoms with Gasteiger partial charge in [0.25, 0.3) is 0 Å². The van der Waals surface area contributed by atoms with Crippen LogP contribution < -0.4 is 0 Å². The molecule has 0 spiro atoms. The summed E-state index contributed by atoms with van der Waals surface area (Å²) in [5.74, 6) is 5.52. The molecular formula is C12H22O4Si. The summed E-state index contributed by atoms with van der Waals surface area (Å²) in [5.41, 5.74) is 0. The molecule has 0 saturated heterocycles. The van der Waals surface area contributed by atoms with Gasteiger partial charge in [0, 0.05) is 0 Å². The second kappa shape index (κ2) is 6.67. The first-order valence-corrected chi connectivity index (χ1v) is 8.42. The van der Waals surface area contributed by atoms with E-state index >= 15 is 0 Å². The molecule has 0 aromatic heterocycles. The van der Waals surface area contributed by atoms with Crippen LogP contribution in [0.4, 0.5) is 4.79 Å². The molecule has 0 saturated carbocycles. The van der Waals surface area contributed by atoms with Crippen LogP contribution in [0.1, 0.15) is 20.8 Å². The summed E-state index contributed by atoms with van der Waals surface area (Å²) in [6, 6.07) is 0. The highest BCUT2D eigenvalue weighted by Gasteiger charge is 2.36. The zero-order chi connectivity index (χ0) is 13.5. The summed E-state index contributed by atoms with van der Waals surface area (Å²) in [6.07, 6.45) is -0.718. The van der Waals surface area contributed by atoms with E-state index in [0.717, 1.165) is 0 Å². The topological polar surface area (TPSA) is 44.8 Å². The molecular weight excluding hydrogens is 236 g/mol. The van der Waals surface area contributed by atoms with E-state index in [2.05, 4.69) is 55.2 Å². The van der Waals surface area contributed by atoms with Crippen molar-refractivity contribution in [1.29, 1.82) is 0 Å². The first-order valence-electron chi connectivity index (χ1n) is 5.51. The van der Waals surface area contributed by atoms with Crippen molar-refractivity contribution < 1.29 is 18.7 Å². The van der Waals surface area contributed by atoms with E-state index < -0.39 is 14.5 Å². The third-order valence-electron chi connectivity index (χ3n) is 2.87. The lowest BCUT2D eigenvalue weighted by molar-refractivity contribution is 0.0832. The lowest BCUT2D eigenvalue weighted by Crippen LogP contribution is -2.40. The lowest BCUT2D eigenvalue weighted by Gasteiger charge is -2.35. The van der Waals surface area contributed by atoms with Gasteiger partial charge in [0.15, 0.2) is 14.9 Å². The highest BCUT2D eigenvalue weighted by molar-refractivity contribution is 6.74. The van der Waals surface area contributed by atoms with E-state index in [1.165, 1.54) is 7.11 Å². The Kier molecular flexibility index (Phi) is 6.28. The fourth-order valence-corrected chi connectivity index (χ4v) is 1.56. The Morgan fingerprint density at radius 2 is 1.71 bits per heavy atom. The molecule has 17 heavy (non-hydrogen) atoms. The number of methoxy groups -OCH3 is 1. The first kappa shape index (κ1) is 16.0. The minimum absolute atomic E-state index is 0.0353. The van der Waals surface area contributed by atoms with Gasteiger partial charge >= 0.3 is 6.16 Å². The van der Waals surface area contributed by atoms with Crippen LogP contribution in [0.5, 0.6) is 0 Å². The summed E-state index contributed by atoms with van der Waals surface area (Å²) in [7, 11) is -0.468. The number of hydrogen-bond donors (Lipinski definition) is 0. The van der Waals surface area contributed by atoms with Crippen molar-refractivity contribution in [3.05, 3.63) is 0 Å². The normalized spacial score (nSPS) is 11.4. The molecule has 0 aliphatic heterocycles. The van der Waals surface area contributed by atoms with Crippen molar-refractivity contribution in [2.45, 2.75) is 38.9 Å². The Bertz CT molecular complexity index is 307. The van der Waals surface area contributed by atoms with Gasteiger partial charge in [-0.15, -0.1) is 0 Å². The van der Waals surface area contributed by atoms with E-state index in [4.69, 9.17) is 4.43 Å². The summed E-state index contributed by atoms with van der Waals surface area (Å²) >= 11 is 0. The summed E-state index contributed by atoms with van der Waals surface area (Å²) in [6.45, 7) is 11.3. The lowest BCUT2D eigenvalue weighted by atomic mass is 10.2. The van der Waals surface area contributed by atoms with Gasteiger partial charge in [-0.05, 0) is 18.1 Å². The number of carbonyl (C=O) groups excluding carboxylic acids is 1. The summed E-state index contributed by atoms with van der Waals surface area (Å²) < 4.78 is 14.7. The van der Waals surface area contributed by atoms with Crippen LogP contribution in [-0.2, 0) is 13.9 Å². The van der Waals surface area contributed by atoms with Crippen molar-refractivity contribution in [3.8, 4) is 11.8 Å². The van der Waals surface area contributed by atoms with Crippen LogP contribution in [-0.4, -0.2) is 34.8 Å². The molecule has 0 heterocycles. The average Bonchev–Trinajstić information content (AvgIpc) is 2.21. The van der Waals surface area contributed by atoms with Gasteiger partial charge in [-0.25, -0.2) is 4.79 Å². The van der Waals surface area contributed by atoms with E-state index in [1.807, 2.05) is 0 Å². The van der Waals surface area contributed by atoms with Crippen molar-refractivity contribution in [2.24, 2.45) is 0 Å². The Hall–Kier alpha value is -0.993. The molecule has 4 nitrogen and oxygen atoms in total. The van der Waals surface area contributed by atoms with E-state index in [0.29, 0.717) is 6.61 Å². The molecule has 5 heteroatoms. The van der Waals surface area contributed by atoms with Gasteiger partial charge in [-0.2, -0.15) is 0 Å². The maximum atomic E-state index is 10.6. The Balaban J connectivity index is 3.92. The van der Waals surface area contributed by atoms with Gasteiger partial charge in [-0.3, -0.25) is 0 Å². The molecule has 0 aromatic carbocycles. The van der Waals surface area contributed by atoms with Crippen molar-refractivity contribution in [2.75, 3.05) is 20.3 Å². The molecule has 0 N–H and O–H groups in total. The molecule has 0 bridgehead atoms. The highest BCUT2D eigenvalue weighted by atomic mass is 28.4. The first-order chi connectivity index (χ1) is 7.70.